The van der Waals surface area contributed by atoms with Crippen LogP contribution in [-0.2, 0) is 4.79 Å². The van der Waals surface area contributed by atoms with E-state index in [-0.39, 0.29) is 5.54 Å². The smallest absolute Gasteiger partial charge is 0.244 e. The lowest BCUT2D eigenvalue weighted by Crippen LogP contribution is -2.48. The number of nitrogens with one attached hydrogen (secondary N) is 1. The maximum atomic E-state index is 12.8. The Hall–Kier alpha value is -0.570. The predicted octanol–water partition coefficient (Wildman–Crippen LogP) is 3.05. The second-order valence-electron chi connectivity index (χ2n) is 6.74. The zero-order valence-electron chi connectivity index (χ0n) is 12.5. The van der Waals surface area contributed by atoms with Gasteiger partial charge in [0.2, 0.25) is 5.91 Å². The van der Waals surface area contributed by atoms with Gasteiger partial charge in [0.25, 0.3) is 0 Å². The summed E-state index contributed by atoms with van der Waals surface area (Å²) in [5.41, 5.74) is -0.136. The number of rotatable bonds is 4. The van der Waals surface area contributed by atoms with Gasteiger partial charge in [-0.05, 0) is 44.4 Å². The Morgan fingerprint density at radius 3 is 2.47 bits per heavy atom. The van der Waals surface area contributed by atoms with Crippen molar-refractivity contribution in [1.82, 2.24) is 10.2 Å². The highest BCUT2D eigenvalue weighted by atomic mass is 16.2. The molecule has 2 saturated carbocycles. The predicted molar refractivity (Wildman–Crippen MR) is 76.7 cm³/mol. The molecule has 3 rings (SSSR count). The Morgan fingerprint density at radius 2 is 1.95 bits per heavy atom. The van der Waals surface area contributed by atoms with Crippen LogP contribution in [0.3, 0.4) is 0 Å². The lowest BCUT2D eigenvalue weighted by Gasteiger charge is -2.39. The maximum absolute atomic E-state index is 12.8. The molecule has 3 heteroatoms. The largest absolute Gasteiger partial charge is 0.322 e. The molecule has 0 aromatic heterocycles. The molecule has 0 aromatic carbocycles. The van der Waals surface area contributed by atoms with Crippen molar-refractivity contribution in [3.05, 3.63) is 0 Å². The molecule has 2 aliphatic carbocycles. The van der Waals surface area contributed by atoms with E-state index in [1.54, 1.807) is 0 Å². The van der Waals surface area contributed by atoms with Crippen LogP contribution in [0.5, 0.6) is 0 Å². The minimum atomic E-state index is -0.136. The molecule has 19 heavy (non-hydrogen) atoms. The number of carbonyl (C=O) groups excluding carboxylic acids is 1. The van der Waals surface area contributed by atoms with Crippen molar-refractivity contribution in [1.29, 1.82) is 0 Å². The molecular formula is C16H28N2O. The number of carbonyl (C=O) groups is 1. The summed E-state index contributed by atoms with van der Waals surface area (Å²) in [4.78, 5) is 15.0. The second kappa shape index (κ2) is 5.08. The van der Waals surface area contributed by atoms with Gasteiger partial charge in [-0.2, -0.15) is 0 Å². The normalized spacial score (nSPS) is 32.0. The zero-order chi connectivity index (χ0) is 13.5. The van der Waals surface area contributed by atoms with Crippen molar-refractivity contribution in [3.63, 3.8) is 0 Å². The lowest BCUT2D eigenvalue weighted by molar-refractivity contribution is -0.134. The third-order valence-electron chi connectivity index (χ3n) is 5.53. The Kier molecular flexibility index (Phi) is 3.59. The first-order chi connectivity index (χ1) is 9.22. The first-order valence-electron chi connectivity index (χ1n) is 8.32. The quantitative estimate of drug-likeness (QED) is 0.846. The maximum Gasteiger partial charge on any atom is 0.244 e. The fourth-order valence-corrected chi connectivity index (χ4v) is 4.28. The van der Waals surface area contributed by atoms with Gasteiger partial charge in [-0.1, -0.05) is 33.1 Å². The van der Waals surface area contributed by atoms with E-state index in [1.807, 2.05) is 0 Å². The van der Waals surface area contributed by atoms with Crippen LogP contribution in [0.15, 0.2) is 0 Å². The highest BCUT2D eigenvalue weighted by molar-refractivity contribution is 5.92. The van der Waals surface area contributed by atoms with Crippen LogP contribution in [0.2, 0.25) is 0 Å². The van der Waals surface area contributed by atoms with Crippen molar-refractivity contribution in [3.8, 4) is 0 Å². The summed E-state index contributed by atoms with van der Waals surface area (Å²) in [5.74, 6) is 1.16. The summed E-state index contributed by atoms with van der Waals surface area (Å²) >= 11 is 0. The summed E-state index contributed by atoms with van der Waals surface area (Å²) in [6.45, 7) is 4.46. The molecule has 0 bridgehead atoms. The van der Waals surface area contributed by atoms with Gasteiger partial charge in [-0.15, -0.1) is 0 Å². The third kappa shape index (κ3) is 2.20. The van der Waals surface area contributed by atoms with Gasteiger partial charge < -0.3 is 4.90 Å². The van der Waals surface area contributed by atoms with Crippen molar-refractivity contribution in [2.24, 2.45) is 5.92 Å². The molecule has 3 nitrogen and oxygen atoms in total. The van der Waals surface area contributed by atoms with Crippen molar-refractivity contribution in [2.45, 2.75) is 89.4 Å². The first kappa shape index (κ1) is 13.4. The van der Waals surface area contributed by atoms with E-state index in [9.17, 15) is 4.79 Å². The van der Waals surface area contributed by atoms with E-state index < -0.39 is 0 Å². The van der Waals surface area contributed by atoms with E-state index in [0.717, 1.165) is 31.6 Å². The molecule has 0 radical (unpaired) electrons. The highest BCUT2D eigenvalue weighted by Gasteiger charge is 2.60. The Morgan fingerprint density at radius 1 is 1.26 bits per heavy atom. The molecule has 1 heterocycles. The van der Waals surface area contributed by atoms with Gasteiger partial charge in [0.15, 0.2) is 0 Å². The van der Waals surface area contributed by atoms with Crippen LogP contribution < -0.4 is 5.32 Å². The van der Waals surface area contributed by atoms with Crippen molar-refractivity contribution < 1.29 is 4.79 Å². The van der Waals surface area contributed by atoms with E-state index in [1.165, 1.54) is 32.1 Å². The van der Waals surface area contributed by atoms with Gasteiger partial charge in [0, 0.05) is 6.04 Å². The molecule has 1 amide bonds. The molecule has 3 aliphatic rings. The Labute approximate surface area is 117 Å². The van der Waals surface area contributed by atoms with Crippen LogP contribution in [0.4, 0.5) is 0 Å². The highest BCUT2D eigenvalue weighted by Crippen LogP contribution is 2.45. The topological polar surface area (TPSA) is 32.3 Å². The van der Waals surface area contributed by atoms with E-state index in [0.29, 0.717) is 18.1 Å². The monoisotopic (exact) mass is 264 g/mol. The summed E-state index contributed by atoms with van der Waals surface area (Å²) in [7, 11) is 0. The molecule has 1 N–H and O–H groups in total. The standard InChI is InChI=1S/C16H28N2O/c1-3-13(12-8-6-5-7-9-12)18-14(4-2)17-16(10-11-16)15(18)19/h12-14,17H,3-11H2,1-2H3. The summed E-state index contributed by atoms with van der Waals surface area (Å²) < 4.78 is 0. The van der Waals surface area contributed by atoms with Crippen molar-refractivity contribution >= 4 is 5.91 Å². The average molecular weight is 264 g/mol. The molecule has 0 aromatic rings. The van der Waals surface area contributed by atoms with Crippen LogP contribution >= 0.6 is 0 Å². The SMILES string of the molecule is CCC1NC2(CC2)C(=O)N1C(CC)C1CCCCC1. The lowest BCUT2D eigenvalue weighted by atomic mass is 9.82. The van der Waals surface area contributed by atoms with Crippen LogP contribution in [0.1, 0.15) is 71.6 Å². The van der Waals surface area contributed by atoms with Crippen molar-refractivity contribution in [2.75, 3.05) is 0 Å². The van der Waals surface area contributed by atoms with Gasteiger partial charge in [0.1, 0.15) is 0 Å². The molecule has 2 unspecified atom stereocenters. The number of amides is 1. The van der Waals surface area contributed by atoms with Gasteiger partial charge in [-0.25, -0.2) is 0 Å². The van der Waals surface area contributed by atoms with Crippen LogP contribution in [0, 0.1) is 5.92 Å². The number of hydrogen-bond donors (Lipinski definition) is 1. The number of nitrogens with zero attached hydrogens (tertiary/aromatic N) is 1. The fourth-order valence-electron chi connectivity index (χ4n) is 4.28. The minimum Gasteiger partial charge on any atom is -0.322 e. The van der Waals surface area contributed by atoms with Gasteiger partial charge in [0.05, 0.1) is 11.7 Å². The molecule has 2 atom stereocenters. The summed E-state index contributed by atoms with van der Waals surface area (Å²) in [5, 5.41) is 3.62. The molecule has 1 spiro atoms. The molecular weight excluding hydrogens is 236 g/mol. The van der Waals surface area contributed by atoms with E-state index in [4.69, 9.17) is 0 Å². The first-order valence-corrected chi connectivity index (χ1v) is 8.32. The molecule has 108 valence electrons. The van der Waals surface area contributed by atoms with E-state index >= 15 is 0 Å². The second-order valence-corrected chi connectivity index (χ2v) is 6.74. The molecule has 3 fully saturated rings. The van der Waals surface area contributed by atoms with E-state index in [2.05, 4.69) is 24.1 Å². The molecule has 1 saturated heterocycles. The average Bonchev–Trinajstić information content (AvgIpc) is 3.18. The summed E-state index contributed by atoms with van der Waals surface area (Å²) in [6.07, 6.45) is 11.3. The number of hydrogen-bond acceptors (Lipinski definition) is 2. The Bertz CT molecular complexity index is 345. The van der Waals surface area contributed by atoms with Crippen LogP contribution in [-0.4, -0.2) is 28.6 Å². The zero-order valence-corrected chi connectivity index (χ0v) is 12.5. The van der Waals surface area contributed by atoms with Gasteiger partial charge in [-0.3, -0.25) is 10.1 Å². The summed E-state index contributed by atoms with van der Waals surface area (Å²) in [6, 6.07) is 0.477. The fraction of sp³-hybridized carbons (Fsp3) is 0.938. The molecule has 1 aliphatic heterocycles. The van der Waals surface area contributed by atoms with Gasteiger partial charge >= 0.3 is 0 Å². The minimum absolute atomic E-state index is 0.136. The third-order valence-corrected chi connectivity index (χ3v) is 5.53. The van der Waals surface area contributed by atoms with Crippen LogP contribution in [0.25, 0.3) is 0 Å². The Balaban J connectivity index is 1.78.